The molecule has 2 aromatic heterocycles. The maximum atomic E-state index is 8.88. The molecule has 3 aromatic rings. The predicted molar refractivity (Wildman–Crippen MR) is 85.4 cm³/mol. The summed E-state index contributed by atoms with van der Waals surface area (Å²) in [7, 11) is 0. The number of nitriles is 1. The molecule has 3 rings (SSSR count). The summed E-state index contributed by atoms with van der Waals surface area (Å²) in [5.74, 6) is 0. The zero-order chi connectivity index (χ0) is 13.9. The van der Waals surface area contributed by atoms with Gasteiger partial charge >= 0.3 is 0 Å². The summed E-state index contributed by atoms with van der Waals surface area (Å²) in [6.07, 6.45) is 1.81. The lowest BCUT2D eigenvalue weighted by Crippen LogP contribution is -1.88. The van der Waals surface area contributed by atoms with Gasteiger partial charge in [0.15, 0.2) is 0 Å². The van der Waals surface area contributed by atoms with Gasteiger partial charge in [-0.3, -0.25) is 4.98 Å². The van der Waals surface area contributed by atoms with Crippen molar-refractivity contribution in [3.05, 3.63) is 64.1 Å². The molecular weight excluding hydrogens is 332 g/mol. The molecule has 0 aliphatic heterocycles. The molecule has 2 nitrogen and oxygen atoms in total. The van der Waals surface area contributed by atoms with E-state index in [2.05, 4.69) is 39.1 Å². The van der Waals surface area contributed by atoms with Crippen LogP contribution in [0.5, 0.6) is 0 Å². The first-order valence-electron chi connectivity index (χ1n) is 5.98. The Kier molecular flexibility index (Phi) is 3.64. The summed E-state index contributed by atoms with van der Waals surface area (Å²) in [6, 6.07) is 15.8. The fraction of sp³-hybridized carbons (Fsp3) is 0. The molecule has 1 aromatic carbocycles. The number of hydrogen-bond donors (Lipinski definition) is 0. The Hall–Kier alpha value is -1.96. The van der Waals surface area contributed by atoms with Gasteiger partial charge in [0.1, 0.15) is 0 Å². The van der Waals surface area contributed by atoms with Crippen LogP contribution in [0.4, 0.5) is 0 Å². The van der Waals surface area contributed by atoms with Gasteiger partial charge in [-0.2, -0.15) is 5.26 Å². The van der Waals surface area contributed by atoms with Gasteiger partial charge in [-0.05, 0) is 51.1 Å². The lowest BCUT2D eigenvalue weighted by atomic mass is 10.0. The number of benzene rings is 1. The van der Waals surface area contributed by atoms with Crippen LogP contribution in [0.1, 0.15) is 5.56 Å². The van der Waals surface area contributed by atoms with Gasteiger partial charge in [0.2, 0.25) is 0 Å². The van der Waals surface area contributed by atoms with E-state index in [4.69, 9.17) is 5.26 Å². The van der Waals surface area contributed by atoms with E-state index < -0.39 is 0 Å². The molecule has 0 aliphatic rings. The van der Waals surface area contributed by atoms with E-state index in [1.54, 1.807) is 11.3 Å². The summed E-state index contributed by atoms with van der Waals surface area (Å²) in [6.45, 7) is 0. The zero-order valence-electron chi connectivity index (χ0n) is 10.4. The van der Waals surface area contributed by atoms with Crippen LogP contribution in [0.25, 0.3) is 21.7 Å². The highest BCUT2D eigenvalue weighted by Crippen LogP contribution is 2.34. The number of thiophene rings is 1. The first-order chi connectivity index (χ1) is 9.78. The number of pyridine rings is 1. The predicted octanol–water partition coefficient (Wildman–Crippen LogP) is 5.11. The van der Waals surface area contributed by atoms with E-state index >= 15 is 0 Å². The molecule has 96 valence electrons. The highest BCUT2D eigenvalue weighted by molar-refractivity contribution is 9.10. The molecule has 0 saturated heterocycles. The summed E-state index contributed by atoms with van der Waals surface area (Å²) >= 11 is 5.14. The highest BCUT2D eigenvalue weighted by atomic mass is 79.9. The average molecular weight is 341 g/mol. The first-order valence-corrected chi connectivity index (χ1v) is 7.65. The molecule has 0 unspecified atom stereocenters. The number of aromatic nitrogens is 1. The third kappa shape index (κ3) is 2.51. The number of rotatable bonds is 2. The third-order valence-corrected chi connectivity index (χ3v) is 4.24. The van der Waals surface area contributed by atoms with Gasteiger partial charge in [-0.25, -0.2) is 0 Å². The van der Waals surface area contributed by atoms with Crippen molar-refractivity contribution in [3.63, 3.8) is 0 Å². The highest BCUT2D eigenvalue weighted by Gasteiger charge is 2.10. The van der Waals surface area contributed by atoms with E-state index in [0.29, 0.717) is 5.56 Å². The molecule has 0 atom stereocenters. The number of nitrogens with zero attached hydrogens (tertiary/aromatic N) is 2. The molecule has 20 heavy (non-hydrogen) atoms. The molecule has 0 saturated carbocycles. The molecular formula is C16H9BrN2S. The van der Waals surface area contributed by atoms with Crippen LogP contribution in [0.15, 0.2) is 58.5 Å². The summed E-state index contributed by atoms with van der Waals surface area (Å²) in [5.41, 5.74) is 3.75. The Morgan fingerprint density at radius 2 is 1.95 bits per heavy atom. The summed E-state index contributed by atoms with van der Waals surface area (Å²) in [5, 5.41) is 10.9. The molecule has 0 spiro atoms. The van der Waals surface area contributed by atoms with Crippen LogP contribution in [-0.2, 0) is 0 Å². The van der Waals surface area contributed by atoms with Gasteiger partial charge in [0.25, 0.3) is 0 Å². The lowest BCUT2D eigenvalue weighted by molar-refractivity contribution is 1.32. The molecule has 0 N–H and O–H groups in total. The minimum absolute atomic E-state index is 0.661. The maximum Gasteiger partial charge on any atom is 0.0991 e. The lowest BCUT2D eigenvalue weighted by Gasteiger charge is -2.08. The van der Waals surface area contributed by atoms with Crippen molar-refractivity contribution >= 4 is 27.3 Å². The van der Waals surface area contributed by atoms with Crippen LogP contribution >= 0.6 is 27.3 Å². The fourth-order valence-corrected chi connectivity index (χ4v) is 3.06. The van der Waals surface area contributed by atoms with E-state index in [9.17, 15) is 0 Å². The Balaban J connectivity index is 2.16. The minimum atomic E-state index is 0.661. The number of halogens is 1. The molecule has 4 heteroatoms. The second kappa shape index (κ2) is 5.58. The topological polar surface area (TPSA) is 36.7 Å². The van der Waals surface area contributed by atoms with E-state index in [0.717, 1.165) is 26.2 Å². The van der Waals surface area contributed by atoms with Crippen LogP contribution in [0.3, 0.4) is 0 Å². The minimum Gasteiger partial charge on any atom is -0.254 e. The van der Waals surface area contributed by atoms with E-state index in [1.807, 2.05) is 41.9 Å². The number of hydrogen-bond acceptors (Lipinski definition) is 3. The van der Waals surface area contributed by atoms with Gasteiger partial charge in [0, 0.05) is 16.2 Å². The van der Waals surface area contributed by atoms with Crippen LogP contribution in [0.2, 0.25) is 0 Å². The van der Waals surface area contributed by atoms with Crippen molar-refractivity contribution in [3.8, 4) is 27.8 Å². The van der Waals surface area contributed by atoms with Crippen LogP contribution < -0.4 is 0 Å². The van der Waals surface area contributed by atoms with Crippen molar-refractivity contribution in [2.24, 2.45) is 0 Å². The molecule has 0 amide bonds. The molecule has 0 fully saturated rings. The van der Waals surface area contributed by atoms with Gasteiger partial charge in [-0.15, -0.1) is 11.3 Å². The van der Waals surface area contributed by atoms with Crippen molar-refractivity contribution in [1.82, 2.24) is 4.98 Å². The van der Waals surface area contributed by atoms with Crippen molar-refractivity contribution in [2.45, 2.75) is 0 Å². The Bertz CT molecular complexity index is 771. The quantitative estimate of drug-likeness (QED) is 0.649. The summed E-state index contributed by atoms with van der Waals surface area (Å²) in [4.78, 5) is 5.67. The van der Waals surface area contributed by atoms with Gasteiger partial charge in [0.05, 0.1) is 22.2 Å². The van der Waals surface area contributed by atoms with E-state index in [-0.39, 0.29) is 0 Å². The van der Waals surface area contributed by atoms with Crippen molar-refractivity contribution < 1.29 is 0 Å². The zero-order valence-corrected chi connectivity index (χ0v) is 12.8. The molecule has 0 aliphatic carbocycles. The first kappa shape index (κ1) is 13.0. The normalized spacial score (nSPS) is 10.2. The smallest absolute Gasteiger partial charge is 0.0991 e. The Labute approximate surface area is 129 Å². The second-order valence-electron chi connectivity index (χ2n) is 4.22. The van der Waals surface area contributed by atoms with Crippen molar-refractivity contribution in [1.29, 1.82) is 5.26 Å². The molecule has 2 heterocycles. The molecule has 0 bridgehead atoms. The largest absolute Gasteiger partial charge is 0.254 e. The van der Waals surface area contributed by atoms with Crippen LogP contribution in [0, 0.1) is 11.3 Å². The fourth-order valence-electron chi connectivity index (χ4n) is 1.99. The standard InChI is InChI=1S/C16H9BrN2S/c17-13-8-14(12-5-3-11(9-18)4-6-12)16(19-10-13)15-2-1-7-20-15/h1-8,10H. The SMILES string of the molecule is N#Cc1ccc(-c2cc(Br)cnc2-c2cccs2)cc1. The monoisotopic (exact) mass is 340 g/mol. The van der Waals surface area contributed by atoms with E-state index in [1.165, 1.54) is 0 Å². The Morgan fingerprint density at radius 3 is 2.60 bits per heavy atom. The van der Waals surface area contributed by atoms with Gasteiger partial charge in [-0.1, -0.05) is 18.2 Å². The third-order valence-electron chi connectivity index (χ3n) is 2.93. The summed E-state index contributed by atoms with van der Waals surface area (Å²) < 4.78 is 0.942. The van der Waals surface area contributed by atoms with Crippen molar-refractivity contribution in [2.75, 3.05) is 0 Å². The van der Waals surface area contributed by atoms with Crippen LogP contribution in [-0.4, -0.2) is 4.98 Å². The second-order valence-corrected chi connectivity index (χ2v) is 6.08. The molecule has 0 radical (unpaired) electrons. The van der Waals surface area contributed by atoms with Gasteiger partial charge < -0.3 is 0 Å². The maximum absolute atomic E-state index is 8.88. The Morgan fingerprint density at radius 1 is 1.15 bits per heavy atom. The average Bonchev–Trinajstić information content (AvgIpc) is 3.01.